The highest BCUT2D eigenvalue weighted by atomic mass is 16.6. The Morgan fingerprint density at radius 3 is 2.57 bits per heavy atom. The molecule has 8 heteroatoms. The minimum atomic E-state index is -0.592. The number of carbonyl (C=O) groups is 1. The van der Waals surface area contributed by atoms with Crippen molar-refractivity contribution in [1.29, 1.82) is 0 Å². The molecule has 2 rings (SSSR count). The van der Waals surface area contributed by atoms with Gasteiger partial charge in [-0.2, -0.15) is 0 Å². The maximum absolute atomic E-state index is 12.4. The maximum Gasteiger partial charge on any atom is 0.292 e. The van der Waals surface area contributed by atoms with Crippen LogP contribution < -0.4 is 5.73 Å². The number of nitrogens with zero attached hydrogens (tertiary/aromatic N) is 3. The Hall–Kier alpha value is -2.19. The first-order valence-electron chi connectivity index (χ1n) is 6.70. The molecule has 114 valence electrons. The summed E-state index contributed by atoms with van der Waals surface area (Å²) < 4.78 is 0. The van der Waals surface area contributed by atoms with Crippen molar-refractivity contribution in [2.75, 3.05) is 45.1 Å². The molecule has 3 N–H and O–H groups in total. The van der Waals surface area contributed by atoms with Crippen LogP contribution in [0.15, 0.2) is 18.2 Å². The molecule has 0 aliphatic carbocycles. The summed E-state index contributed by atoms with van der Waals surface area (Å²) in [6.07, 6.45) is 0. The molecule has 1 aliphatic rings. The van der Waals surface area contributed by atoms with Crippen LogP contribution in [-0.2, 0) is 0 Å². The third-order valence-electron chi connectivity index (χ3n) is 3.59. The van der Waals surface area contributed by atoms with Crippen LogP contribution in [0.2, 0.25) is 0 Å². The number of piperazine rings is 1. The van der Waals surface area contributed by atoms with Crippen LogP contribution in [0, 0.1) is 10.1 Å². The number of anilines is 1. The van der Waals surface area contributed by atoms with E-state index in [4.69, 9.17) is 10.8 Å². The number of carbonyl (C=O) groups excluding carboxylic acids is 1. The number of para-hydroxylation sites is 1. The first-order valence-corrected chi connectivity index (χ1v) is 6.70. The second-order valence-electron chi connectivity index (χ2n) is 4.85. The quantitative estimate of drug-likeness (QED) is 0.456. The molecule has 21 heavy (non-hydrogen) atoms. The first kappa shape index (κ1) is 15.2. The van der Waals surface area contributed by atoms with Gasteiger partial charge in [0.2, 0.25) is 0 Å². The molecule has 0 unspecified atom stereocenters. The zero-order valence-electron chi connectivity index (χ0n) is 11.6. The van der Waals surface area contributed by atoms with Gasteiger partial charge in [0.15, 0.2) is 0 Å². The minimum Gasteiger partial charge on any atom is -0.395 e. The molecule has 0 spiro atoms. The summed E-state index contributed by atoms with van der Waals surface area (Å²) in [5.74, 6) is -0.292. The van der Waals surface area contributed by atoms with Gasteiger partial charge in [-0.15, -0.1) is 0 Å². The zero-order chi connectivity index (χ0) is 15.4. The summed E-state index contributed by atoms with van der Waals surface area (Å²) >= 11 is 0. The molecule has 1 heterocycles. The van der Waals surface area contributed by atoms with Crippen molar-refractivity contribution in [2.24, 2.45) is 0 Å². The van der Waals surface area contributed by atoms with Crippen molar-refractivity contribution >= 4 is 17.3 Å². The van der Waals surface area contributed by atoms with Crippen molar-refractivity contribution in [3.05, 3.63) is 33.9 Å². The molecular weight excluding hydrogens is 276 g/mol. The Morgan fingerprint density at radius 1 is 1.33 bits per heavy atom. The number of rotatable bonds is 4. The highest BCUT2D eigenvalue weighted by Crippen LogP contribution is 2.26. The molecule has 1 saturated heterocycles. The molecule has 0 radical (unpaired) electrons. The highest BCUT2D eigenvalue weighted by molar-refractivity contribution is 6.01. The summed E-state index contributed by atoms with van der Waals surface area (Å²) in [5.41, 5.74) is 5.56. The maximum atomic E-state index is 12.4. The van der Waals surface area contributed by atoms with E-state index in [9.17, 15) is 14.9 Å². The van der Waals surface area contributed by atoms with Gasteiger partial charge in [-0.1, -0.05) is 6.07 Å². The van der Waals surface area contributed by atoms with E-state index >= 15 is 0 Å². The number of amides is 1. The zero-order valence-corrected chi connectivity index (χ0v) is 11.6. The number of β-amino-alcohol motifs (C(OH)–C–C–N with tert-alkyl or cyclic N) is 1. The monoisotopic (exact) mass is 294 g/mol. The van der Waals surface area contributed by atoms with Crippen LogP contribution in [0.4, 0.5) is 11.4 Å². The van der Waals surface area contributed by atoms with Crippen LogP contribution >= 0.6 is 0 Å². The largest absolute Gasteiger partial charge is 0.395 e. The summed E-state index contributed by atoms with van der Waals surface area (Å²) in [4.78, 5) is 26.4. The lowest BCUT2D eigenvalue weighted by Gasteiger charge is -2.34. The van der Waals surface area contributed by atoms with Crippen molar-refractivity contribution in [3.8, 4) is 0 Å². The molecule has 8 nitrogen and oxygen atoms in total. The fourth-order valence-electron chi connectivity index (χ4n) is 2.39. The van der Waals surface area contributed by atoms with E-state index < -0.39 is 4.92 Å². The van der Waals surface area contributed by atoms with E-state index in [0.717, 1.165) is 0 Å². The van der Waals surface area contributed by atoms with Gasteiger partial charge in [-0.25, -0.2) is 0 Å². The van der Waals surface area contributed by atoms with Gasteiger partial charge < -0.3 is 15.7 Å². The van der Waals surface area contributed by atoms with Crippen LogP contribution in [-0.4, -0.2) is 65.1 Å². The molecule has 0 atom stereocenters. The molecule has 1 aromatic rings. The predicted molar refractivity (Wildman–Crippen MR) is 76.9 cm³/mol. The number of aliphatic hydroxyl groups is 1. The van der Waals surface area contributed by atoms with E-state index in [1.165, 1.54) is 18.2 Å². The van der Waals surface area contributed by atoms with Gasteiger partial charge >= 0.3 is 0 Å². The van der Waals surface area contributed by atoms with E-state index in [-0.39, 0.29) is 29.5 Å². The SMILES string of the molecule is Nc1c(C(=O)N2CCN(CCO)CC2)cccc1[N+](=O)[O-]. The number of hydrogen-bond acceptors (Lipinski definition) is 6. The van der Waals surface area contributed by atoms with Crippen LogP contribution in [0.3, 0.4) is 0 Å². The summed E-state index contributed by atoms with van der Waals surface area (Å²) in [6.45, 7) is 3.04. The number of nitrogen functional groups attached to an aromatic ring is 1. The fraction of sp³-hybridized carbons (Fsp3) is 0.462. The number of aliphatic hydroxyl groups excluding tert-OH is 1. The summed E-state index contributed by atoms with van der Waals surface area (Å²) in [7, 11) is 0. The number of nitrogens with two attached hydrogens (primary N) is 1. The molecular formula is C13H18N4O4. The predicted octanol–water partition coefficient (Wildman–Crippen LogP) is -0.0729. The lowest BCUT2D eigenvalue weighted by molar-refractivity contribution is -0.383. The second kappa shape index (κ2) is 6.51. The third-order valence-corrected chi connectivity index (χ3v) is 3.59. The van der Waals surface area contributed by atoms with Crippen LogP contribution in [0.1, 0.15) is 10.4 Å². The van der Waals surface area contributed by atoms with E-state index in [1.54, 1.807) is 4.90 Å². The van der Waals surface area contributed by atoms with Crippen molar-refractivity contribution in [1.82, 2.24) is 9.80 Å². The Kier molecular flexibility index (Phi) is 4.71. The number of hydrogen-bond donors (Lipinski definition) is 2. The van der Waals surface area contributed by atoms with Gasteiger partial charge in [-0.05, 0) is 6.07 Å². The van der Waals surface area contributed by atoms with Crippen molar-refractivity contribution < 1.29 is 14.8 Å². The van der Waals surface area contributed by atoms with Gasteiger partial charge in [0.25, 0.3) is 11.6 Å². The standard InChI is InChI=1S/C13H18N4O4/c14-12-10(2-1-3-11(12)17(20)21)13(19)16-6-4-15(5-7-16)8-9-18/h1-3,18H,4-9,14H2. The highest BCUT2D eigenvalue weighted by Gasteiger charge is 2.25. The molecule has 0 aromatic heterocycles. The Morgan fingerprint density at radius 2 is 2.00 bits per heavy atom. The molecule has 1 amide bonds. The number of nitro benzene ring substituents is 1. The number of nitro groups is 1. The van der Waals surface area contributed by atoms with Gasteiger partial charge in [0, 0.05) is 38.8 Å². The van der Waals surface area contributed by atoms with E-state index in [0.29, 0.717) is 32.7 Å². The lowest BCUT2D eigenvalue weighted by Crippen LogP contribution is -2.49. The summed E-state index contributed by atoms with van der Waals surface area (Å²) in [6, 6.07) is 4.25. The van der Waals surface area contributed by atoms with Gasteiger partial charge in [-0.3, -0.25) is 19.8 Å². The second-order valence-corrected chi connectivity index (χ2v) is 4.85. The van der Waals surface area contributed by atoms with Crippen LogP contribution in [0.5, 0.6) is 0 Å². The van der Waals surface area contributed by atoms with Crippen molar-refractivity contribution in [2.45, 2.75) is 0 Å². The average Bonchev–Trinajstić information content (AvgIpc) is 2.47. The average molecular weight is 294 g/mol. The topological polar surface area (TPSA) is 113 Å². The van der Waals surface area contributed by atoms with Crippen molar-refractivity contribution in [3.63, 3.8) is 0 Å². The Balaban J connectivity index is 2.11. The van der Waals surface area contributed by atoms with Gasteiger partial charge in [0.05, 0.1) is 17.1 Å². The lowest BCUT2D eigenvalue weighted by atomic mass is 10.1. The smallest absolute Gasteiger partial charge is 0.292 e. The third kappa shape index (κ3) is 3.29. The fourth-order valence-corrected chi connectivity index (χ4v) is 2.39. The molecule has 0 bridgehead atoms. The van der Waals surface area contributed by atoms with E-state index in [1.807, 2.05) is 0 Å². The molecule has 1 fully saturated rings. The number of benzene rings is 1. The first-order chi connectivity index (χ1) is 10.0. The molecule has 1 aromatic carbocycles. The summed E-state index contributed by atoms with van der Waals surface area (Å²) in [5, 5.41) is 19.7. The van der Waals surface area contributed by atoms with Crippen LogP contribution in [0.25, 0.3) is 0 Å². The Bertz CT molecular complexity index is 541. The van der Waals surface area contributed by atoms with Gasteiger partial charge in [0.1, 0.15) is 5.69 Å². The Labute approximate surface area is 121 Å². The normalized spacial score (nSPS) is 16.0. The van der Waals surface area contributed by atoms with E-state index in [2.05, 4.69) is 4.90 Å². The molecule has 1 aliphatic heterocycles. The molecule has 0 saturated carbocycles. The minimum absolute atomic E-state index is 0.0891.